The minimum absolute atomic E-state index is 0. The Kier molecular flexibility index (Phi) is 20.9. The van der Waals surface area contributed by atoms with E-state index in [1.807, 2.05) is 0 Å². The van der Waals surface area contributed by atoms with Crippen LogP contribution < -0.4 is 34.7 Å². The summed E-state index contributed by atoms with van der Waals surface area (Å²) in [6.45, 7) is 2.26. The Morgan fingerprint density at radius 2 is 1.00 bits per heavy atom. The molecule has 0 aliphatic heterocycles. The van der Waals surface area contributed by atoms with Crippen LogP contribution in [0.5, 0.6) is 0 Å². The molecule has 0 saturated carbocycles. The van der Waals surface area contributed by atoms with Gasteiger partial charge in [0.15, 0.2) is 0 Å². The molecule has 0 saturated heterocycles. The molecule has 0 aromatic carbocycles. The normalized spacial score (nSPS) is 12.5. The second kappa shape index (κ2) is 20.5. The molecule has 1 atom stereocenters. The van der Waals surface area contributed by atoms with E-state index in [2.05, 4.69) is 6.92 Å². The first-order valence-corrected chi connectivity index (χ1v) is 8.81. The maximum absolute atomic E-state index is 10.4. The summed E-state index contributed by atoms with van der Waals surface area (Å²) in [7, 11) is 0. The van der Waals surface area contributed by atoms with Crippen LogP contribution in [0.25, 0.3) is 0 Å². The minimum atomic E-state index is -1.23. The van der Waals surface area contributed by atoms with Gasteiger partial charge < -0.3 is 9.90 Å². The van der Waals surface area contributed by atoms with Crippen molar-refractivity contribution in [1.82, 2.24) is 0 Å². The van der Waals surface area contributed by atoms with Crippen molar-refractivity contribution in [1.29, 1.82) is 0 Å². The van der Waals surface area contributed by atoms with Crippen LogP contribution in [-0.2, 0) is 4.79 Å². The molecule has 1 unspecified atom stereocenters. The maximum atomic E-state index is 10.4. The number of carbonyl (C=O) groups excluding carboxylic acids is 1. The molecular formula is C18H35NaO2. The predicted molar refractivity (Wildman–Crippen MR) is 84.6 cm³/mol. The fourth-order valence-electron chi connectivity index (χ4n) is 2.56. The molecule has 0 aromatic heterocycles. The molecule has 0 aliphatic carbocycles. The summed E-state index contributed by atoms with van der Waals surface area (Å²) in [5.41, 5.74) is 0. The molecule has 3 heteroatoms. The summed E-state index contributed by atoms with van der Waals surface area (Å²) >= 11 is 0. The van der Waals surface area contributed by atoms with Gasteiger partial charge in [0, 0.05) is 7.34 Å². The average Bonchev–Trinajstić information content (AvgIpc) is 2.47. The van der Waals surface area contributed by atoms with E-state index in [-0.39, 0.29) is 29.6 Å². The van der Waals surface area contributed by atoms with E-state index in [9.17, 15) is 9.90 Å². The molecule has 0 spiro atoms. The molecule has 0 rings (SSSR count). The quantitative estimate of drug-likeness (QED) is 0.323. The van der Waals surface area contributed by atoms with E-state index >= 15 is 0 Å². The molecule has 0 N–H and O–H groups in total. The average molecular weight is 308 g/mol. The van der Waals surface area contributed by atoms with Gasteiger partial charge in [0.2, 0.25) is 0 Å². The van der Waals surface area contributed by atoms with Gasteiger partial charge in [-0.25, -0.2) is 0 Å². The largest absolute Gasteiger partial charge is 1.00 e. The first-order chi connectivity index (χ1) is 10.2. The second-order valence-electron chi connectivity index (χ2n) is 5.91. The van der Waals surface area contributed by atoms with Gasteiger partial charge >= 0.3 is 29.6 Å². The molecule has 0 aromatic rings. The summed E-state index contributed by atoms with van der Waals surface area (Å²) in [5, 5.41) is 10.4. The van der Waals surface area contributed by atoms with E-state index in [0.29, 0.717) is 6.42 Å². The van der Waals surface area contributed by atoms with Crippen molar-refractivity contribution in [3.8, 4) is 0 Å². The third-order valence-corrected chi connectivity index (χ3v) is 3.87. The van der Waals surface area contributed by atoms with Crippen LogP contribution in [0, 0.1) is 0 Å². The van der Waals surface area contributed by atoms with Crippen molar-refractivity contribution in [2.45, 2.75) is 110 Å². The summed E-state index contributed by atoms with van der Waals surface area (Å²) in [6.07, 6.45) is 17.5. The van der Waals surface area contributed by atoms with Gasteiger partial charge in [-0.05, 0) is 12.8 Å². The van der Waals surface area contributed by atoms with Gasteiger partial charge in [0.05, 0.1) is 0 Å². The smallest absolute Gasteiger partial charge is 0.550 e. The fourth-order valence-corrected chi connectivity index (χ4v) is 2.56. The zero-order valence-corrected chi connectivity index (χ0v) is 16.5. The molecular weight excluding hydrogens is 271 g/mol. The number of rotatable bonds is 16. The summed E-state index contributed by atoms with van der Waals surface area (Å²) in [6, 6.07) is 0. The molecule has 0 radical (unpaired) electrons. The number of carbonyl (C=O) groups is 1. The monoisotopic (exact) mass is 308 g/mol. The molecule has 0 aliphatic rings. The Morgan fingerprint density at radius 3 is 1.29 bits per heavy atom. The Hall–Kier alpha value is 0.470. The van der Waals surface area contributed by atoms with Crippen LogP contribution in [-0.4, -0.2) is 5.97 Å². The van der Waals surface area contributed by atoms with Crippen LogP contribution in [0.3, 0.4) is 0 Å². The molecule has 0 bridgehead atoms. The molecule has 2 nitrogen and oxygen atoms in total. The summed E-state index contributed by atoms with van der Waals surface area (Å²) in [5.74, 6) is -1.23. The van der Waals surface area contributed by atoms with Crippen molar-refractivity contribution in [3.05, 3.63) is 0 Å². The van der Waals surface area contributed by atoms with Gasteiger partial charge in [-0.1, -0.05) is 96.8 Å². The third-order valence-electron chi connectivity index (χ3n) is 3.87. The van der Waals surface area contributed by atoms with Gasteiger partial charge in [-0.2, -0.15) is 0 Å². The van der Waals surface area contributed by atoms with Gasteiger partial charge in [-0.15, -0.1) is 0 Å². The SMILES string of the molecule is [3H]C(CCCCCCCCCCCCCCCC)C(=O)[O-].[Na+]. The van der Waals surface area contributed by atoms with Crippen LogP contribution in [0.4, 0.5) is 0 Å². The second-order valence-corrected chi connectivity index (χ2v) is 5.91. The zero-order valence-electron chi connectivity index (χ0n) is 15.5. The Bertz CT molecular complexity index is 237. The van der Waals surface area contributed by atoms with Crippen LogP contribution in [0.2, 0.25) is 0 Å². The van der Waals surface area contributed by atoms with Crippen molar-refractivity contribution >= 4 is 5.97 Å². The molecule has 21 heavy (non-hydrogen) atoms. The van der Waals surface area contributed by atoms with Gasteiger partial charge in [-0.3, -0.25) is 0 Å². The van der Waals surface area contributed by atoms with Crippen molar-refractivity contribution < 1.29 is 40.8 Å². The Labute approximate surface area is 156 Å². The summed E-state index contributed by atoms with van der Waals surface area (Å²) < 4.78 is 7.23. The maximum Gasteiger partial charge on any atom is 1.00 e. The first-order valence-electron chi connectivity index (χ1n) is 9.39. The summed E-state index contributed by atoms with van der Waals surface area (Å²) in [4.78, 5) is 10.4. The standard InChI is InChI=1S/C18H36O2.Na/c1-2-3-4-5-6-7-8-9-10-11-12-13-14-15-16-17-18(19)20;/h2-17H2,1H3,(H,19,20);/q;+1/p-1/i17T;. The molecule has 120 valence electrons. The fraction of sp³-hybridized carbons (Fsp3) is 0.944. The van der Waals surface area contributed by atoms with E-state index in [4.69, 9.17) is 1.37 Å². The number of carboxylic acid groups (broad SMARTS) is 1. The van der Waals surface area contributed by atoms with E-state index in [0.717, 1.165) is 12.8 Å². The number of hydrogen-bond donors (Lipinski definition) is 0. The van der Waals surface area contributed by atoms with Crippen LogP contribution in [0.15, 0.2) is 0 Å². The third kappa shape index (κ3) is 22.9. The molecule has 0 fully saturated rings. The van der Waals surface area contributed by atoms with Crippen molar-refractivity contribution in [2.24, 2.45) is 0 Å². The van der Waals surface area contributed by atoms with E-state index in [1.54, 1.807) is 0 Å². The van der Waals surface area contributed by atoms with Crippen molar-refractivity contribution in [2.75, 3.05) is 0 Å². The number of unbranched alkanes of at least 4 members (excludes halogenated alkanes) is 13. The zero-order chi connectivity index (χ0) is 15.8. The Morgan fingerprint density at radius 1 is 0.714 bits per heavy atom. The van der Waals surface area contributed by atoms with Crippen LogP contribution in [0.1, 0.15) is 111 Å². The predicted octanol–water partition coefficient (Wildman–Crippen LogP) is 2.00. The molecule has 0 amide bonds. The Balaban J connectivity index is 0. The number of aliphatic carboxylic acids is 1. The number of hydrogen-bond acceptors (Lipinski definition) is 2. The molecule has 0 heterocycles. The van der Waals surface area contributed by atoms with E-state index < -0.39 is 12.4 Å². The number of carboxylic acids is 1. The topological polar surface area (TPSA) is 40.1 Å². The first kappa shape index (κ1) is 21.5. The van der Waals surface area contributed by atoms with Crippen LogP contribution >= 0.6 is 0 Å². The van der Waals surface area contributed by atoms with Gasteiger partial charge in [0.1, 0.15) is 0 Å². The van der Waals surface area contributed by atoms with E-state index in [1.165, 1.54) is 77.0 Å². The minimum Gasteiger partial charge on any atom is -0.550 e. The van der Waals surface area contributed by atoms with Crippen molar-refractivity contribution in [3.63, 3.8) is 0 Å². The van der Waals surface area contributed by atoms with Gasteiger partial charge in [0.25, 0.3) is 0 Å².